The number of hydrogen-bond acceptors (Lipinski definition) is 4. The van der Waals surface area contributed by atoms with Crippen molar-refractivity contribution >= 4 is 29.3 Å². The van der Waals surface area contributed by atoms with Crippen LogP contribution in [0.25, 0.3) is 0 Å². The van der Waals surface area contributed by atoms with Crippen LogP contribution in [-0.2, 0) is 11.2 Å². The van der Waals surface area contributed by atoms with Gasteiger partial charge < -0.3 is 9.63 Å². The molecule has 66 valence electrons. The zero-order valence-corrected chi connectivity index (χ0v) is 7.78. The normalized spacial score (nSPS) is 10.2. The molecule has 0 unspecified atom stereocenters. The summed E-state index contributed by atoms with van der Waals surface area (Å²) in [7, 11) is 0. The molecule has 1 aromatic heterocycles. The van der Waals surface area contributed by atoms with Crippen molar-refractivity contribution in [2.24, 2.45) is 0 Å². The lowest BCUT2D eigenvalue weighted by Crippen LogP contribution is -1.98. The molecule has 0 aliphatic rings. The summed E-state index contributed by atoms with van der Waals surface area (Å²) >= 11 is 7.04. The van der Waals surface area contributed by atoms with Crippen molar-refractivity contribution in [3.63, 3.8) is 0 Å². The van der Waals surface area contributed by atoms with Crippen LogP contribution in [0.2, 0.25) is 5.02 Å². The second-order valence-corrected chi connectivity index (χ2v) is 3.17. The van der Waals surface area contributed by atoms with Crippen LogP contribution in [0, 0.1) is 0 Å². The minimum absolute atomic E-state index is 0.202. The number of carboxylic acid groups (broad SMARTS) is 1. The average molecular weight is 208 g/mol. The second-order valence-electron chi connectivity index (χ2n) is 2.00. The fraction of sp³-hybridized carbons (Fsp3) is 0.333. The van der Waals surface area contributed by atoms with Crippen LogP contribution in [0.3, 0.4) is 0 Å². The van der Waals surface area contributed by atoms with Gasteiger partial charge in [-0.05, 0) is 6.26 Å². The van der Waals surface area contributed by atoms with E-state index in [4.69, 9.17) is 21.2 Å². The highest BCUT2D eigenvalue weighted by Crippen LogP contribution is 2.27. The third kappa shape index (κ3) is 1.92. The molecule has 1 heterocycles. The molecule has 6 heteroatoms. The van der Waals surface area contributed by atoms with Gasteiger partial charge in [0.1, 0.15) is 11.4 Å². The van der Waals surface area contributed by atoms with E-state index in [2.05, 4.69) is 5.16 Å². The van der Waals surface area contributed by atoms with Gasteiger partial charge >= 0.3 is 5.97 Å². The van der Waals surface area contributed by atoms with E-state index in [1.807, 2.05) is 0 Å². The SMILES string of the molecule is CSc1noc(CC(=O)O)c1Cl. The van der Waals surface area contributed by atoms with Crippen LogP contribution in [0.1, 0.15) is 5.76 Å². The first-order chi connectivity index (χ1) is 5.65. The van der Waals surface area contributed by atoms with Gasteiger partial charge in [0, 0.05) is 0 Å². The second kappa shape index (κ2) is 3.82. The molecule has 4 nitrogen and oxygen atoms in total. The first-order valence-corrected chi connectivity index (χ1v) is 4.65. The van der Waals surface area contributed by atoms with Gasteiger partial charge in [0.05, 0.1) is 0 Å². The van der Waals surface area contributed by atoms with Gasteiger partial charge in [0.15, 0.2) is 10.8 Å². The fourth-order valence-corrected chi connectivity index (χ4v) is 1.44. The minimum atomic E-state index is -0.985. The average Bonchev–Trinajstić information content (AvgIpc) is 2.32. The van der Waals surface area contributed by atoms with Gasteiger partial charge in [-0.2, -0.15) is 0 Å². The number of carboxylic acids is 1. The Morgan fingerprint density at radius 3 is 2.92 bits per heavy atom. The van der Waals surface area contributed by atoms with Crippen molar-refractivity contribution in [3.05, 3.63) is 10.8 Å². The molecule has 1 rings (SSSR count). The van der Waals surface area contributed by atoms with E-state index in [0.717, 1.165) is 0 Å². The molecule has 12 heavy (non-hydrogen) atoms. The zero-order chi connectivity index (χ0) is 9.14. The van der Waals surface area contributed by atoms with Crippen molar-refractivity contribution in [1.29, 1.82) is 0 Å². The highest BCUT2D eigenvalue weighted by Gasteiger charge is 2.15. The van der Waals surface area contributed by atoms with E-state index in [1.54, 1.807) is 6.26 Å². The molecular weight excluding hydrogens is 202 g/mol. The molecule has 0 aromatic carbocycles. The molecule has 0 aliphatic heterocycles. The number of nitrogens with zero attached hydrogens (tertiary/aromatic N) is 1. The molecule has 1 aromatic rings. The maximum atomic E-state index is 10.3. The van der Waals surface area contributed by atoms with Crippen LogP contribution in [0.4, 0.5) is 0 Å². The Morgan fingerprint density at radius 2 is 2.50 bits per heavy atom. The van der Waals surface area contributed by atoms with Crippen LogP contribution in [0.15, 0.2) is 9.55 Å². The summed E-state index contributed by atoms with van der Waals surface area (Å²) in [6.45, 7) is 0. The number of carbonyl (C=O) groups is 1. The Balaban J connectivity index is 2.87. The first kappa shape index (κ1) is 9.41. The molecule has 0 spiro atoms. The molecule has 0 aliphatic carbocycles. The van der Waals surface area contributed by atoms with Crippen molar-refractivity contribution in [3.8, 4) is 0 Å². The Hall–Kier alpha value is -0.680. The lowest BCUT2D eigenvalue weighted by Gasteiger charge is -1.88. The first-order valence-electron chi connectivity index (χ1n) is 3.05. The van der Waals surface area contributed by atoms with Crippen molar-refractivity contribution < 1.29 is 14.4 Å². The Labute approximate surface area is 77.9 Å². The monoisotopic (exact) mass is 207 g/mol. The Morgan fingerprint density at radius 1 is 1.83 bits per heavy atom. The molecular formula is C6H6ClNO3S. The maximum Gasteiger partial charge on any atom is 0.311 e. The van der Waals surface area contributed by atoms with Gasteiger partial charge in [-0.25, -0.2) is 0 Å². The van der Waals surface area contributed by atoms with Gasteiger partial charge in [0.25, 0.3) is 0 Å². The minimum Gasteiger partial charge on any atom is -0.481 e. The molecule has 1 N–H and O–H groups in total. The molecule has 0 atom stereocenters. The topological polar surface area (TPSA) is 63.3 Å². The fourth-order valence-electron chi connectivity index (χ4n) is 0.670. The van der Waals surface area contributed by atoms with E-state index in [0.29, 0.717) is 10.0 Å². The van der Waals surface area contributed by atoms with E-state index >= 15 is 0 Å². The summed E-state index contributed by atoms with van der Waals surface area (Å²) in [6.07, 6.45) is 1.56. The third-order valence-electron chi connectivity index (χ3n) is 1.18. The predicted molar refractivity (Wildman–Crippen MR) is 44.6 cm³/mol. The van der Waals surface area contributed by atoms with Gasteiger partial charge in [-0.15, -0.1) is 11.8 Å². The molecule has 0 radical (unpaired) electrons. The van der Waals surface area contributed by atoms with Crippen LogP contribution in [0.5, 0.6) is 0 Å². The quantitative estimate of drug-likeness (QED) is 0.764. The summed E-state index contributed by atoms with van der Waals surface area (Å²) in [5.74, 6) is -0.783. The number of aromatic nitrogens is 1. The number of aliphatic carboxylic acids is 1. The van der Waals surface area contributed by atoms with Crippen molar-refractivity contribution in [2.75, 3.05) is 6.26 Å². The number of hydrogen-bond donors (Lipinski definition) is 1. The van der Waals surface area contributed by atoms with E-state index in [-0.39, 0.29) is 12.2 Å². The molecule has 0 bridgehead atoms. The summed E-state index contributed by atoms with van der Waals surface area (Å²) in [6, 6.07) is 0. The summed E-state index contributed by atoms with van der Waals surface area (Å²) in [5, 5.41) is 12.8. The maximum absolute atomic E-state index is 10.3. The van der Waals surface area contributed by atoms with Crippen LogP contribution in [-0.4, -0.2) is 22.5 Å². The summed E-state index contributed by atoms with van der Waals surface area (Å²) in [5.41, 5.74) is 0. The molecule has 0 saturated heterocycles. The van der Waals surface area contributed by atoms with Crippen LogP contribution >= 0.6 is 23.4 Å². The van der Waals surface area contributed by atoms with Crippen molar-refractivity contribution in [1.82, 2.24) is 5.16 Å². The predicted octanol–water partition coefficient (Wildman–Crippen LogP) is 1.68. The van der Waals surface area contributed by atoms with E-state index < -0.39 is 5.97 Å². The highest BCUT2D eigenvalue weighted by molar-refractivity contribution is 7.98. The number of rotatable bonds is 3. The molecule has 0 fully saturated rings. The standard InChI is InChI=1S/C6H6ClNO3S/c1-12-6-5(7)3(11-8-6)2-4(9)10/h2H2,1H3,(H,9,10). The third-order valence-corrected chi connectivity index (χ3v) is 2.34. The largest absolute Gasteiger partial charge is 0.481 e. The van der Waals surface area contributed by atoms with E-state index in [9.17, 15) is 4.79 Å². The van der Waals surface area contributed by atoms with Gasteiger partial charge in [-0.1, -0.05) is 16.8 Å². The summed E-state index contributed by atoms with van der Waals surface area (Å²) in [4.78, 5) is 10.3. The highest BCUT2D eigenvalue weighted by atomic mass is 35.5. The van der Waals surface area contributed by atoms with Gasteiger partial charge in [-0.3, -0.25) is 4.79 Å². The summed E-state index contributed by atoms with van der Waals surface area (Å²) < 4.78 is 4.71. The Kier molecular flexibility index (Phi) is 2.99. The Bertz CT molecular complexity index is 299. The number of thioether (sulfide) groups is 1. The lowest BCUT2D eigenvalue weighted by atomic mass is 10.3. The molecule has 0 amide bonds. The molecule has 0 saturated carbocycles. The van der Waals surface area contributed by atoms with E-state index in [1.165, 1.54) is 11.8 Å². The lowest BCUT2D eigenvalue weighted by molar-refractivity contribution is -0.136. The number of halogens is 1. The van der Waals surface area contributed by atoms with Gasteiger partial charge in [0.2, 0.25) is 0 Å². The van der Waals surface area contributed by atoms with Crippen molar-refractivity contribution in [2.45, 2.75) is 11.4 Å². The smallest absolute Gasteiger partial charge is 0.311 e. The van der Waals surface area contributed by atoms with Crippen LogP contribution < -0.4 is 0 Å². The zero-order valence-electron chi connectivity index (χ0n) is 6.20.